The molecule has 9 nitrogen and oxygen atoms in total. The molecule has 166 valence electrons. The summed E-state index contributed by atoms with van der Waals surface area (Å²) in [5, 5.41) is 2.85. The smallest absolute Gasteiger partial charge is 0.252 e. The Bertz CT molecular complexity index is 1070. The van der Waals surface area contributed by atoms with Gasteiger partial charge in [-0.1, -0.05) is 11.6 Å². The van der Waals surface area contributed by atoms with E-state index in [-0.39, 0.29) is 48.5 Å². The number of carbonyl (C=O) groups excluding carboxylic acids is 1. The summed E-state index contributed by atoms with van der Waals surface area (Å²) in [4.78, 5) is 12.6. The number of hydrogen-bond donors (Lipinski definition) is 1. The summed E-state index contributed by atoms with van der Waals surface area (Å²) >= 11 is 6.14. The Morgan fingerprint density at radius 1 is 1.10 bits per heavy atom. The number of morpholine rings is 1. The molecule has 0 atom stereocenters. The van der Waals surface area contributed by atoms with Crippen molar-refractivity contribution >= 4 is 27.5 Å². The molecular weight excluding hydrogens is 448 g/mol. The standard InChI is InChI=1S/C20H21ClN2O7S/c21-17-3-2-15(31(25,26)23-6-9-27-10-7-23)12-16(17)20(24)22-5-8-28-14-1-4-18-19(11-14)30-13-29-18/h1-4,11-12H,5-10,13H2,(H,22,24). The number of nitrogens with one attached hydrogen (secondary N) is 1. The minimum absolute atomic E-state index is 0.0144. The third-order valence-electron chi connectivity index (χ3n) is 4.79. The van der Waals surface area contributed by atoms with Gasteiger partial charge in [-0.25, -0.2) is 8.42 Å². The van der Waals surface area contributed by atoms with Crippen molar-refractivity contribution in [3.63, 3.8) is 0 Å². The first-order chi connectivity index (χ1) is 14.9. The van der Waals surface area contributed by atoms with Crippen molar-refractivity contribution in [2.75, 3.05) is 46.2 Å². The van der Waals surface area contributed by atoms with Crippen LogP contribution < -0.4 is 19.5 Å². The number of halogens is 1. The van der Waals surface area contributed by atoms with Crippen LogP contribution in [0.5, 0.6) is 17.2 Å². The SMILES string of the molecule is O=C(NCCOc1ccc2c(c1)OCO2)c1cc(S(=O)(=O)N2CCOCC2)ccc1Cl. The molecule has 1 fully saturated rings. The lowest BCUT2D eigenvalue weighted by Crippen LogP contribution is -2.40. The Kier molecular flexibility index (Phi) is 6.51. The number of fused-ring (bicyclic) bond motifs is 1. The van der Waals surface area contributed by atoms with Gasteiger partial charge >= 0.3 is 0 Å². The van der Waals surface area contributed by atoms with Crippen molar-refractivity contribution in [2.45, 2.75) is 4.90 Å². The van der Waals surface area contributed by atoms with Crippen molar-refractivity contribution in [3.8, 4) is 17.2 Å². The van der Waals surface area contributed by atoms with Crippen LogP contribution in [0.4, 0.5) is 0 Å². The van der Waals surface area contributed by atoms with Gasteiger partial charge in [0.05, 0.1) is 35.2 Å². The van der Waals surface area contributed by atoms with Crippen LogP contribution in [-0.4, -0.2) is 64.9 Å². The maximum Gasteiger partial charge on any atom is 0.252 e. The van der Waals surface area contributed by atoms with Crippen LogP contribution in [-0.2, 0) is 14.8 Å². The lowest BCUT2D eigenvalue weighted by atomic mass is 10.2. The Labute approximate surface area is 184 Å². The molecule has 2 aliphatic heterocycles. The minimum atomic E-state index is -3.73. The molecule has 2 aromatic rings. The largest absolute Gasteiger partial charge is 0.492 e. The minimum Gasteiger partial charge on any atom is -0.492 e. The van der Waals surface area contributed by atoms with Crippen LogP contribution in [0.2, 0.25) is 5.02 Å². The molecule has 2 aromatic carbocycles. The molecule has 1 amide bonds. The number of rotatable bonds is 7. The van der Waals surface area contributed by atoms with Gasteiger partial charge in [0.2, 0.25) is 16.8 Å². The van der Waals surface area contributed by atoms with E-state index in [1.807, 2.05) is 0 Å². The first-order valence-corrected chi connectivity index (χ1v) is 11.4. The van der Waals surface area contributed by atoms with E-state index >= 15 is 0 Å². The highest BCUT2D eigenvalue weighted by Gasteiger charge is 2.27. The molecule has 2 aliphatic rings. The van der Waals surface area contributed by atoms with E-state index in [9.17, 15) is 13.2 Å². The molecule has 4 rings (SSSR count). The van der Waals surface area contributed by atoms with Gasteiger partial charge in [-0.05, 0) is 30.3 Å². The second-order valence-electron chi connectivity index (χ2n) is 6.78. The Hall–Kier alpha value is -2.53. The summed E-state index contributed by atoms with van der Waals surface area (Å²) in [5.41, 5.74) is 0.0825. The summed E-state index contributed by atoms with van der Waals surface area (Å²) < 4.78 is 48.3. The molecule has 0 radical (unpaired) electrons. The fraction of sp³-hybridized carbons (Fsp3) is 0.350. The lowest BCUT2D eigenvalue weighted by Gasteiger charge is -2.26. The van der Waals surface area contributed by atoms with Crippen LogP contribution >= 0.6 is 11.6 Å². The first-order valence-electron chi connectivity index (χ1n) is 9.63. The summed E-state index contributed by atoms with van der Waals surface area (Å²) in [7, 11) is -3.73. The van der Waals surface area contributed by atoms with Crippen LogP contribution in [0.15, 0.2) is 41.3 Å². The van der Waals surface area contributed by atoms with Gasteiger partial charge in [0.1, 0.15) is 12.4 Å². The van der Waals surface area contributed by atoms with Crippen LogP contribution in [0, 0.1) is 0 Å². The quantitative estimate of drug-likeness (QED) is 0.619. The number of carbonyl (C=O) groups is 1. The monoisotopic (exact) mass is 468 g/mol. The van der Waals surface area contributed by atoms with E-state index in [0.29, 0.717) is 30.5 Å². The predicted octanol–water partition coefficient (Wildman–Crippen LogP) is 1.90. The zero-order valence-corrected chi connectivity index (χ0v) is 18.1. The van der Waals surface area contributed by atoms with Gasteiger partial charge in [-0.15, -0.1) is 0 Å². The summed E-state index contributed by atoms with van der Waals surface area (Å²) in [6, 6.07) is 9.30. The molecule has 31 heavy (non-hydrogen) atoms. The molecule has 0 aliphatic carbocycles. The van der Waals surface area contributed by atoms with E-state index in [1.54, 1.807) is 18.2 Å². The van der Waals surface area contributed by atoms with Crippen LogP contribution in [0.25, 0.3) is 0 Å². The maximum atomic E-state index is 12.8. The molecule has 1 N–H and O–H groups in total. The summed E-state index contributed by atoms with van der Waals surface area (Å²) in [6.07, 6.45) is 0. The normalized spacial score (nSPS) is 16.2. The average molecular weight is 469 g/mol. The topological polar surface area (TPSA) is 103 Å². The molecular formula is C20H21ClN2O7S. The molecule has 0 bridgehead atoms. The van der Waals surface area contributed by atoms with E-state index in [1.165, 1.54) is 22.5 Å². The zero-order chi connectivity index (χ0) is 21.8. The Morgan fingerprint density at radius 2 is 1.87 bits per heavy atom. The fourth-order valence-electron chi connectivity index (χ4n) is 3.17. The molecule has 0 spiro atoms. The summed E-state index contributed by atoms with van der Waals surface area (Å²) in [6.45, 7) is 1.79. The highest BCUT2D eigenvalue weighted by atomic mass is 35.5. The third kappa shape index (κ3) is 4.87. The number of nitrogens with zero attached hydrogens (tertiary/aromatic N) is 1. The van der Waals surface area contributed by atoms with Gasteiger partial charge < -0.3 is 24.3 Å². The summed E-state index contributed by atoms with van der Waals surface area (Å²) in [5.74, 6) is 1.35. The van der Waals surface area contributed by atoms with Crippen molar-refractivity contribution in [2.24, 2.45) is 0 Å². The van der Waals surface area contributed by atoms with Crippen molar-refractivity contribution < 1.29 is 32.2 Å². The number of ether oxygens (including phenoxy) is 4. The van der Waals surface area contributed by atoms with Gasteiger partial charge in [-0.2, -0.15) is 4.31 Å². The van der Waals surface area contributed by atoms with E-state index in [0.717, 1.165) is 0 Å². The van der Waals surface area contributed by atoms with E-state index in [4.69, 9.17) is 30.5 Å². The fourth-order valence-corrected chi connectivity index (χ4v) is 4.81. The highest BCUT2D eigenvalue weighted by Crippen LogP contribution is 2.35. The molecule has 1 saturated heterocycles. The number of benzene rings is 2. The Balaban J connectivity index is 1.36. The predicted molar refractivity (Wildman–Crippen MR) is 111 cm³/mol. The van der Waals surface area contributed by atoms with E-state index < -0.39 is 15.9 Å². The molecule has 0 saturated carbocycles. The van der Waals surface area contributed by atoms with E-state index in [2.05, 4.69) is 5.32 Å². The maximum absolute atomic E-state index is 12.8. The molecule has 11 heteroatoms. The van der Waals surface area contributed by atoms with Crippen LogP contribution in [0.3, 0.4) is 0 Å². The van der Waals surface area contributed by atoms with Gasteiger partial charge in [0, 0.05) is 19.2 Å². The zero-order valence-electron chi connectivity index (χ0n) is 16.5. The second kappa shape index (κ2) is 9.31. The van der Waals surface area contributed by atoms with Gasteiger partial charge in [0.15, 0.2) is 11.5 Å². The Morgan fingerprint density at radius 3 is 2.68 bits per heavy atom. The first kappa shape index (κ1) is 21.7. The average Bonchev–Trinajstić information content (AvgIpc) is 3.25. The molecule has 0 aromatic heterocycles. The number of amides is 1. The van der Waals surface area contributed by atoms with Crippen molar-refractivity contribution in [1.29, 1.82) is 0 Å². The molecule has 2 heterocycles. The molecule has 0 unspecified atom stereocenters. The highest BCUT2D eigenvalue weighted by molar-refractivity contribution is 7.89. The lowest BCUT2D eigenvalue weighted by molar-refractivity contribution is 0.0730. The van der Waals surface area contributed by atoms with Gasteiger partial charge in [-0.3, -0.25) is 4.79 Å². The number of sulfonamides is 1. The van der Waals surface area contributed by atoms with Gasteiger partial charge in [0.25, 0.3) is 5.91 Å². The van der Waals surface area contributed by atoms with Crippen molar-refractivity contribution in [3.05, 3.63) is 47.0 Å². The number of hydrogen-bond acceptors (Lipinski definition) is 7. The second-order valence-corrected chi connectivity index (χ2v) is 9.12. The van der Waals surface area contributed by atoms with Crippen molar-refractivity contribution in [1.82, 2.24) is 9.62 Å². The third-order valence-corrected chi connectivity index (χ3v) is 7.01. The van der Waals surface area contributed by atoms with Crippen LogP contribution in [0.1, 0.15) is 10.4 Å².